The lowest BCUT2D eigenvalue weighted by Crippen LogP contribution is -2.42. The van der Waals surface area contributed by atoms with Crippen LogP contribution in [0.5, 0.6) is 0 Å². The highest BCUT2D eigenvalue weighted by atomic mass is 16.1. The summed E-state index contributed by atoms with van der Waals surface area (Å²) in [6.07, 6.45) is 6.22. The number of hydrogen-bond donors (Lipinski definition) is 2. The Balaban J connectivity index is 1.73. The fourth-order valence-electron chi connectivity index (χ4n) is 3.50. The third-order valence-corrected chi connectivity index (χ3v) is 4.80. The topological polar surface area (TPSA) is 58.4 Å². The van der Waals surface area contributed by atoms with Gasteiger partial charge in [0, 0.05) is 25.0 Å². The van der Waals surface area contributed by atoms with Gasteiger partial charge in [0.2, 0.25) is 5.91 Å². The number of carbonyl (C=O) groups is 1. The number of carbonyl (C=O) groups excluding carboxylic acids is 1. The average Bonchev–Trinajstić information content (AvgIpc) is 2.92. The standard InChI is InChI=1S/C15H29N3O/c1-15(2,8-9-16)7-5-14(19)17-12-6-11-18-10-3-4-13(12)18/h12-13H,3-11,16H2,1-2H3,(H,17,19). The van der Waals surface area contributed by atoms with E-state index in [1.54, 1.807) is 0 Å². The van der Waals surface area contributed by atoms with E-state index in [-0.39, 0.29) is 11.3 Å². The van der Waals surface area contributed by atoms with Crippen molar-refractivity contribution in [3.05, 3.63) is 0 Å². The molecule has 4 nitrogen and oxygen atoms in total. The van der Waals surface area contributed by atoms with Gasteiger partial charge in [-0.15, -0.1) is 0 Å². The monoisotopic (exact) mass is 267 g/mol. The SMILES string of the molecule is CC(C)(CCN)CCC(=O)NC1CCN2CCCC12. The normalized spacial score (nSPS) is 27.5. The highest BCUT2D eigenvalue weighted by Crippen LogP contribution is 2.29. The third-order valence-electron chi connectivity index (χ3n) is 4.80. The smallest absolute Gasteiger partial charge is 0.220 e. The van der Waals surface area contributed by atoms with E-state index in [0.29, 0.717) is 25.0 Å². The first kappa shape index (κ1) is 14.8. The predicted molar refractivity (Wildman–Crippen MR) is 77.8 cm³/mol. The van der Waals surface area contributed by atoms with Crippen LogP contribution in [0, 0.1) is 5.41 Å². The Morgan fingerprint density at radius 3 is 2.84 bits per heavy atom. The Morgan fingerprint density at radius 2 is 2.11 bits per heavy atom. The zero-order chi connectivity index (χ0) is 13.9. The van der Waals surface area contributed by atoms with Crippen LogP contribution >= 0.6 is 0 Å². The molecule has 2 aliphatic rings. The molecule has 1 amide bonds. The van der Waals surface area contributed by atoms with Crippen molar-refractivity contribution in [2.75, 3.05) is 19.6 Å². The summed E-state index contributed by atoms with van der Waals surface area (Å²) >= 11 is 0. The van der Waals surface area contributed by atoms with E-state index in [0.717, 1.165) is 25.8 Å². The van der Waals surface area contributed by atoms with Gasteiger partial charge in [0.1, 0.15) is 0 Å². The molecule has 19 heavy (non-hydrogen) atoms. The van der Waals surface area contributed by atoms with Crippen LogP contribution in [0.3, 0.4) is 0 Å². The maximum Gasteiger partial charge on any atom is 0.220 e. The first-order chi connectivity index (χ1) is 9.02. The van der Waals surface area contributed by atoms with Gasteiger partial charge in [0.05, 0.1) is 0 Å². The first-order valence-corrected chi connectivity index (χ1v) is 7.75. The molecule has 2 unspecified atom stereocenters. The van der Waals surface area contributed by atoms with E-state index in [1.807, 2.05) is 0 Å². The molecule has 0 aliphatic carbocycles. The molecule has 0 bridgehead atoms. The maximum absolute atomic E-state index is 12.1. The summed E-state index contributed by atoms with van der Waals surface area (Å²) in [6, 6.07) is 1.01. The van der Waals surface area contributed by atoms with E-state index < -0.39 is 0 Å². The van der Waals surface area contributed by atoms with Crippen molar-refractivity contribution in [1.29, 1.82) is 0 Å². The first-order valence-electron chi connectivity index (χ1n) is 7.75. The lowest BCUT2D eigenvalue weighted by atomic mass is 9.84. The number of rotatable bonds is 6. The summed E-state index contributed by atoms with van der Waals surface area (Å²) in [6.45, 7) is 7.48. The van der Waals surface area contributed by atoms with Gasteiger partial charge in [-0.05, 0) is 50.6 Å². The molecule has 2 aliphatic heterocycles. The quantitative estimate of drug-likeness (QED) is 0.766. The van der Waals surface area contributed by atoms with Crippen LogP contribution < -0.4 is 11.1 Å². The molecule has 0 spiro atoms. The second-order valence-electron chi connectivity index (χ2n) is 6.91. The molecule has 3 N–H and O–H groups in total. The second kappa shape index (κ2) is 6.23. The van der Waals surface area contributed by atoms with E-state index in [4.69, 9.17) is 5.73 Å². The Kier molecular flexibility index (Phi) is 4.85. The molecule has 0 aromatic heterocycles. The molecular weight excluding hydrogens is 238 g/mol. The van der Waals surface area contributed by atoms with E-state index in [1.165, 1.54) is 19.4 Å². The molecule has 0 aromatic rings. The molecule has 2 saturated heterocycles. The molecule has 2 rings (SSSR count). The van der Waals surface area contributed by atoms with Crippen molar-refractivity contribution in [3.63, 3.8) is 0 Å². The van der Waals surface area contributed by atoms with Gasteiger partial charge in [0.25, 0.3) is 0 Å². The van der Waals surface area contributed by atoms with Gasteiger partial charge in [-0.3, -0.25) is 9.69 Å². The number of fused-ring (bicyclic) bond motifs is 1. The summed E-state index contributed by atoms with van der Waals surface area (Å²) in [4.78, 5) is 14.6. The van der Waals surface area contributed by atoms with Gasteiger partial charge in [-0.2, -0.15) is 0 Å². The molecular formula is C15H29N3O. The molecule has 4 heteroatoms. The highest BCUT2D eigenvalue weighted by molar-refractivity contribution is 5.76. The van der Waals surface area contributed by atoms with Crippen LogP contribution in [-0.2, 0) is 4.79 Å². The van der Waals surface area contributed by atoms with Crippen LogP contribution in [0.15, 0.2) is 0 Å². The van der Waals surface area contributed by atoms with Gasteiger partial charge in [-0.25, -0.2) is 0 Å². The number of hydrogen-bond acceptors (Lipinski definition) is 3. The molecule has 110 valence electrons. The molecule has 0 radical (unpaired) electrons. The van der Waals surface area contributed by atoms with Crippen molar-refractivity contribution in [2.45, 2.75) is 64.5 Å². The minimum absolute atomic E-state index is 0.182. The summed E-state index contributed by atoms with van der Waals surface area (Å²) < 4.78 is 0. The highest BCUT2D eigenvalue weighted by Gasteiger charge is 2.37. The lowest BCUT2D eigenvalue weighted by molar-refractivity contribution is -0.122. The van der Waals surface area contributed by atoms with Crippen LogP contribution in [-0.4, -0.2) is 42.5 Å². The van der Waals surface area contributed by atoms with Gasteiger partial charge in [0.15, 0.2) is 0 Å². The third kappa shape index (κ3) is 3.93. The van der Waals surface area contributed by atoms with E-state index in [2.05, 4.69) is 24.1 Å². The predicted octanol–water partition coefficient (Wildman–Crippen LogP) is 1.49. The number of nitrogens with zero attached hydrogens (tertiary/aromatic N) is 1. The van der Waals surface area contributed by atoms with Crippen molar-refractivity contribution < 1.29 is 4.79 Å². The minimum Gasteiger partial charge on any atom is -0.352 e. The number of nitrogens with two attached hydrogens (primary N) is 1. The van der Waals surface area contributed by atoms with E-state index >= 15 is 0 Å². The molecule has 2 fully saturated rings. The largest absolute Gasteiger partial charge is 0.352 e. The Bertz CT molecular complexity index is 317. The van der Waals surface area contributed by atoms with Crippen molar-refractivity contribution in [3.8, 4) is 0 Å². The molecule has 0 aromatic carbocycles. The fraction of sp³-hybridized carbons (Fsp3) is 0.933. The van der Waals surface area contributed by atoms with Crippen LogP contribution in [0.25, 0.3) is 0 Å². The van der Waals surface area contributed by atoms with Crippen molar-refractivity contribution in [1.82, 2.24) is 10.2 Å². The van der Waals surface area contributed by atoms with Crippen LogP contribution in [0.4, 0.5) is 0 Å². The Labute approximate surface area is 117 Å². The zero-order valence-electron chi connectivity index (χ0n) is 12.5. The van der Waals surface area contributed by atoms with Crippen molar-refractivity contribution >= 4 is 5.91 Å². The Morgan fingerprint density at radius 1 is 1.32 bits per heavy atom. The minimum atomic E-state index is 0.182. The van der Waals surface area contributed by atoms with Gasteiger partial charge in [-0.1, -0.05) is 13.8 Å². The summed E-state index contributed by atoms with van der Waals surface area (Å²) in [5, 5.41) is 3.25. The van der Waals surface area contributed by atoms with Gasteiger partial charge >= 0.3 is 0 Å². The molecule has 0 saturated carbocycles. The summed E-state index contributed by atoms with van der Waals surface area (Å²) in [5.41, 5.74) is 5.79. The zero-order valence-corrected chi connectivity index (χ0v) is 12.5. The van der Waals surface area contributed by atoms with Crippen molar-refractivity contribution in [2.24, 2.45) is 11.1 Å². The average molecular weight is 267 g/mol. The van der Waals surface area contributed by atoms with Gasteiger partial charge < -0.3 is 11.1 Å². The fourth-order valence-corrected chi connectivity index (χ4v) is 3.50. The molecule has 2 atom stereocenters. The summed E-state index contributed by atoms with van der Waals surface area (Å²) in [5.74, 6) is 0.226. The summed E-state index contributed by atoms with van der Waals surface area (Å²) in [7, 11) is 0. The van der Waals surface area contributed by atoms with Crippen LogP contribution in [0.1, 0.15) is 52.4 Å². The van der Waals surface area contributed by atoms with E-state index in [9.17, 15) is 4.79 Å². The van der Waals surface area contributed by atoms with Crippen LogP contribution in [0.2, 0.25) is 0 Å². The Hall–Kier alpha value is -0.610. The number of nitrogens with one attached hydrogen (secondary N) is 1. The number of amides is 1. The maximum atomic E-state index is 12.1. The molecule has 2 heterocycles. The second-order valence-corrected chi connectivity index (χ2v) is 6.91. The lowest BCUT2D eigenvalue weighted by Gasteiger charge is -2.25.